The maximum absolute atomic E-state index is 11.7. The Labute approximate surface area is 304 Å². The van der Waals surface area contributed by atoms with Crippen LogP contribution < -0.4 is 18.9 Å². The van der Waals surface area contributed by atoms with Gasteiger partial charge in [0.05, 0.1) is 0 Å². The summed E-state index contributed by atoms with van der Waals surface area (Å²) in [5, 5.41) is 0. The van der Waals surface area contributed by atoms with Gasteiger partial charge in [-0.25, -0.2) is 9.59 Å². The fourth-order valence-electron chi connectivity index (χ4n) is 4.65. The number of carbonyl (C=O) groups excluding carboxylic acids is 2. The Bertz CT molecular complexity index is 1600. The van der Waals surface area contributed by atoms with Gasteiger partial charge in [0.1, 0.15) is 23.0 Å². The molecule has 0 saturated heterocycles. The third kappa shape index (κ3) is 10.5. The molecule has 6 nitrogen and oxygen atoms in total. The molecular weight excluding hydrogens is 665 g/mol. The molecule has 0 aromatic heterocycles. The summed E-state index contributed by atoms with van der Waals surface area (Å²) in [6.07, 6.45) is 0. The van der Waals surface area contributed by atoms with Gasteiger partial charge in [-0.1, -0.05) is 40.9 Å². The molecule has 47 heavy (non-hydrogen) atoms. The van der Waals surface area contributed by atoms with E-state index in [2.05, 4.69) is 25.3 Å². The maximum atomic E-state index is 11.7. The molecule has 0 aliphatic carbocycles. The molecule has 0 fully saturated rings. The normalized spacial score (nSPS) is 10.1. The Morgan fingerprint density at radius 3 is 0.979 bits per heavy atom. The average Bonchev–Trinajstić information content (AvgIpc) is 2.96. The molecule has 243 valence electrons. The van der Waals surface area contributed by atoms with Gasteiger partial charge in [0, 0.05) is 55.4 Å². The summed E-state index contributed by atoms with van der Waals surface area (Å²) in [5.74, 6) is 3.36. The monoisotopic (exact) mass is 707 g/mol. The first-order chi connectivity index (χ1) is 21.6. The molecule has 0 aliphatic rings. The average molecular weight is 708 g/mol. The Hall–Kier alpha value is -4.00. The molecule has 4 rings (SSSR count). The van der Waals surface area contributed by atoms with Crippen LogP contribution >= 0.6 is 0 Å². The van der Waals surface area contributed by atoms with E-state index in [1.807, 2.05) is 104 Å². The van der Waals surface area contributed by atoms with Crippen molar-refractivity contribution < 1.29 is 61.2 Å². The molecule has 0 N–H and O–H groups in total. The van der Waals surface area contributed by atoms with Crippen LogP contribution in [0.15, 0.2) is 72.8 Å². The van der Waals surface area contributed by atoms with Crippen LogP contribution in [-0.2, 0) is 42.3 Å². The third-order valence-corrected chi connectivity index (χ3v) is 7.03. The second-order valence-electron chi connectivity index (χ2n) is 11.6. The van der Waals surface area contributed by atoms with Crippen LogP contribution in [0.5, 0.6) is 34.5 Å². The SMILES string of the molecule is C=C(C)C(=O)Oc1c(C)cc(Oc2c(C)c[c-]cc2C)cc1C.C=C(C)C(=O)Oc1c(C)cc(Oc2c(C)c[c-]cc2C)cc1C.[Y]. The first kappa shape index (κ1) is 39.2. The van der Waals surface area contributed by atoms with Gasteiger partial charge in [0.15, 0.2) is 0 Å². The van der Waals surface area contributed by atoms with E-state index in [-0.39, 0.29) is 32.7 Å². The summed E-state index contributed by atoms with van der Waals surface area (Å²) in [6, 6.07) is 21.2. The van der Waals surface area contributed by atoms with Gasteiger partial charge in [-0.15, -0.1) is 22.3 Å². The molecule has 1 radical (unpaired) electrons. The van der Waals surface area contributed by atoms with Gasteiger partial charge in [0.25, 0.3) is 0 Å². The van der Waals surface area contributed by atoms with Crippen molar-refractivity contribution in [3.8, 4) is 34.5 Å². The number of esters is 2. The quantitative estimate of drug-likeness (QED) is 0.0786. The number of aryl methyl sites for hydroxylation is 8. The minimum Gasteiger partial charge on any atom is -0.482 e. The molecule has 0 saturated carbocycles. The summed E-state index contributed by atoms with van der Waals surface area (Å²) in [6.45, 7) is 26.0. The van der Waals surface area contributed by atoms with E-state index in [1.54, 1.807) is 13.8 Å². The van der Waals surface area contributed by atoms with Crippen molar-refractivity contribution in [2.75, 3.05) is 0 Å². The van der Waals surface area contributed by atoms with Gasteiger partial charge in [-0.05, 0) is 88.1 Å². The van der Waals surface area contributed by atoms with Crippen LogP contribution in [0, 0.1) is 67.5 Å². The fraction of sp³-hybridized carbons (Fsp3) is 0.250. The largest absolute Gasteiger partial charge is 0.482 e. The van der Waals surface area contributed by atoms with E-state index in [1.165, 1.54) is 0 Å². The van der Waals surface area contributed by atoms with Crippen molar-refractivity contribution in [3.05, 3.63) is 129 Å². The van der Waals surface area contributed by atoms with Crippen molar-refractivity contribution in [1.82, 2.24) is 0 Å². The minimum absolute atomic E-state index is 0. The minimum atomic E-state index is -0.421. The van der Waals surface area contributed by atoms with Gasteiger partial charge in [0.2, 0.25) is 0 Å². The molecule has 0 spiro atoms. The van der Waals surface area contributed by atoms with E-state index in [4.69, 9.17) is 18.9 Å². The molecule has 0 bridgehead atoms. The van der Waals surface area contributed by atoms with Crippen molar-refractivity contribution in [2.45, 2.75) is 69.2 Å². The topological polar surface area (TPSA) is 71.1 Å². The van der Waals surface area contributed by atoms with Gasteiger partial charge >= 0.3 is 11.9 Å². The van der Waals surface area contributed by atoms with Crippen molar-refractivity contribution >= 4 is 11.9 Å². The number of carbonyl (C=O) groups is 2. The summed E-state index contributed by atoms with van der Waals surface area (Å²) in [4.78, 5) is 23.5. The first-order valence-electron chi connectivity index (χ1n) is 14.9. The molecule has 7 heteroatoms. The molecule has 4 aromatic carbocycles. The van der Waals surface area contributed by atoms with Crippen LogP contribution in [0.3, 0.4) is 0 Å². The number of ether oxygens (including phenoxy) is 4. The van der Waals surface area contributed by atoms with Crippen LogP contribution in [0.4, 0.5) is 0 Å². The van der Waals surface area contributed by atoms with E-state index in [9.17, 15) is 9.59 Å². The Morgan fingerprint density at radius 1 is 0.489 bits per heavy atom. The molecule has 0 heterocycles. The number of hydrogen-bond donors (Lipinski definition) is 0. The Morgan fingerprint density at radius 2 is 0.745 bits per heavy atom. The van der Waals surface area contributed by atoms with E-state index in [0.29, 0.717) is 34.1 Å². The number of hydrogen-bond acceptors (Lipinski definition) is 6. The molecule has 0 unspecified atom stereocenters. The van der Waals surface area contributed by atoms with Crippen molar-refractivity contribution in [3.63, 3.8) is 0 Å². The maximum Gasteiger partial charge on any atom is 0.338 e. The van der Waals surface area contributed by atoms with E-state index < -0.39 is 11.9 Å². The standard InChI is InChI=1S/2C20H21O3.Y/c2*1-12(2)20(21)23-19-15(5)10-17(11-16(19)6)22-18-13(3)8-7-9-14(18)4;/h2*8-11H,1H2,2-6H3;/q2*-1;. The molecule has 4 aromatic rings. The van der Waals surface area contributed by atoms with E-state index in [0.717, 1.165) is 56.0 Å². The smallest absolute Gasteiger partial charge is 0.338 e. The molecule has 0 amide bonds. The van der Waals surface area contributed by atoms with Gasteiger partial charge in [-0.2, -0.15) is 36.4 Å². The number of benzene rings is 4. The second-order valence-corrected chi connectivity index (χ2v) is 11.6. The molecular formula is C40H42O6Y-2. The Balaban J connectivity index is 0.000000320. The van der Waals surface area contributed by atoms with Crippen molar-refractivity contribution in [2.24, 2.45) is 0 Å². The fourth-order valence-corrected chi connectivity index (χ4v) is 4.65. The van der Waals surface area contributed by atoms with Crippen LogP contribution in [0.2, 0.25) is 0 Å². The zero-order valence-electron chi connectivity index (χ0n) is 29.1. The van der Waals surface area contributed by atoms with Crippen molar-refractivity contribution in [1.29, 1.82) is 0 Å². The third-order valence-electron chi connectivity index (χ3n) is 7.03. The van der Waals surface area contributed by atoms with Crippen LogP contribution in [0.25, 0.3) is 0 Å². The Kier molecular flexibility index (Phi) is 14.4. The predicted molar refractivity (Wildman–Crippen MR) is 182 cm³/mol. The predicted octanol–water partition coefficient (Wildman–Crippen LogP) is 9.99. The first-order valence-corrected chi connectivity index (χ1v) is 14.9. The second kappa shape index (κ2) is 17.2. The van der Waals surface area contributed by atoms with Gasteiger partial charge in [-0.3, -0.25) is 0 Å². The molecule has 0 aliphatic heterocycles. The van der Waals surface area contributed by atoms with Crippen LogP contribution in [-0.4, -0.2) is 11.9 Å². The van der Waals surface area contributed by atoms with Gasteiger partial charge < -0.3 is 18.9 Å². The summed E-state index contributed by atoms with van der Waals surface area (Å²) >= 11 is 0. The summed E-state index contributed by atoms with van der Waals surface area (Å²) in [5.41, 5.74) is 8.21. The zero-order chi connectivity index (χ0) is 34.3. The zero-order valence-corrected chi connectivity index (χ0v) is 31.9. The summed E-state index contributed by atoms with van der Waals surface area (Å²) in [7, 11) is 0. The molecule has 0 atom stereocenters. The van der Waals surface area contributed by atoms with E-state index >= 15 is 0 Å². The van der Waals surface area contributed by atoms with Crippen LogP contribution in [0.1, 0.15) is 58.4 Å². The number of rotatable bonds is 8. The summed E-state index contributed by atoms with van der Waals surface area (Å²) < 4.78 is 22.8.